The highest BCUT2D eigenvalue weighted by Gasteiger charge is 2.06. The third kappa shape index (κ3) is 4.08. The van der Waals surface area contributed by atoms with E-state index in [4.69, 9.17) is 9.84 Å². The van der Waals surface area contributed by atoms with Crippen molar-refractivity contribution >= 4 is 27.5 Å². The van der Waals surface area contributed by atoms with Crippen molar-refractivity contribution in [2.24, 2.45) is 0 Å². The first-order valence-electron chi connectivity index (χ1n) is 6.06. The largest absolute Gasteiger partial charge is 0.483 e. The van der Waals surface area contributed by atoms with Gasteiger partial charge in [-0.05, 0) is 30.3 Å². The summed E-state index contributed by atoms with van der Waals surface area (Å²) in [6.45, 7) is -0.225. The van der Waals surface area contributed by atoms with Crippen LogP contribution in [-0.2, 0) is 11.4 Å². The second-order valence-electron chi connectivity index (χ2n) is 4.11. The van der Waals surface area contributed by atoms with E-state index in [0.29, 0.717) is 17.0 Å². The first-order valence-corrected chi connectivity index (χ1v) is 6.85. The number of amides is 1. The number of hydrogen-bond donors (Lipinski definition) is 2. The molecule has 0 aliphatic heterocycles. The lowest BCUT2D eigenvalue weighted by atomic mass is 10.2. The SMILES string of the molecule is O=C(COc1ccccc1CO)Nc1ccc(Br)cc1. The molecule has 2 aromatic carbocycles. The summed E-state index contributed by atoms with van der Waals surface area (Å²) < 4.78 is 6.35. The number of aliphatic hydroxyl groups excluding tert-OH is 1. The molecule has 0 aliphatic carbocycles. The van der Waals surface area contributed by atoms with Crippen molar-refractivity contribution in [3.8, 4) is 5.75 Å². The second-order valence-corrected chi connectivity index (χ2v) is 5.03. The lowest BCUT2D eigenvalue weighted by Gasteiger charge is -2.10. The minimum Gasteiger partial charge on any atom is -0.483 e. The normalized spacial score (nSPS) is 10.1. The average molecular weight is 336 g/mol. The van der Waals surface area contributed by atoms with Gasteiger partial charge in [-0.3, -0.25) is 4.79 Å². The number of nitrogens with one attached hydrogen (secondary N) is 1. The lowest BCUT2D eigenvalue weighted by molar-refractivity contribution is -0.118. The first kappa shape index (κ1) is 14.6. The van der Waals surface area contributed by atoms with Crippen LogP contribution in [0.15, 0.2) is 53.0 Å². The van der Waals surface area contributed by atoms with Gasteiger partial charge in [-0.2, -0.15) is 0 Å². The van der Waals surface area contributed by atoms with E-state index in [-0.39, 0.29) is 19.1 Å². The minimum absolute atomic E-state index is 0.104. The fourth-order valence-corrected chi connectivity index (χ4v) is 1.91. The van der Waals surface area contributed by atoms with Crippen LogP contribution in [0.1, 0.15) is 5.56 Å². The van der Waals surface area contributed by atoms with Crippen molar-refractivity contribution in [1.29, 1.82) is 0 Å². The summed E-state index contributed by atoms with van der Waals surface area (Å²) in [6.07, 6.45) is 0. The predicted octanol–water partition coefficient (Wildman–Crippen LogP) is 2.96. The van der Waals surface area contributed by atoms with Crippen molar-refractivity contribution in [3.63, 3.8) is 0 Å². The van der Waals surface area contributed by atoms with Gasteiger partial charge in [0.15, 0.2) is 6.61 Å². The van der Waals surface area contributed by atoms with Gasteiger partial charge in [-0.25, -0.2) is 0 Å². The van der Waals surface area contributed by atoms with Gasteiger partial charge in [-0.1, -0.05) is 34.1 Å². The van der Waals surface area contributed by atoms with Gasteiger partial charge in [0.25, 0.3) is 5.91 Å². The third-order valence-electron chi connectivity index (χ3n) is 2.63. The van der Waals surface area contributed by atoms with E-state index in [1.807, 2.05) is 12.1 Å². The molecule has 5 heteroatoms. The van der Waals surface area contributed by atoms with Crippen molar-refractivity contribution in [2.75, 3.05) is 11.9 Å². The van der Waals surface area contributed by atoms with Gasteiger partial charge in [0.1, 0.15) is 5.75 Å². The molecule has 2 aromatic rings. The molecule has 0 radical (unpaired) electrons. The van der Waals surface area contributed by atoms with Crippen LogP contribution < -0.4 is 10.1 Å². The van der Waals surface area contributed by atoms with E-state index in [0.717, 1.165) is 4.47 Å². The van der Waals surface area contributed by atoms with Crippen molar-refractivity contribution in [1.82, 2.24) is 0 Å². The van der Waals surface area contributed by atoms with Crippen LogP contribution >= 0.6 is 15.9 Å². The number of carbonyl (C=O) groups is 1. The summed E-state index contributed by atoms with van der Waals surface area (Å²) >= 11 is 3.33. The first-order chi connectivity index (χ1) is 9.69. The molecule has 2 N–H and O–H groups in total. The molecule has 104 valence electrons. The molecule has 0 aromatic heterocycles. The topological polar surface area (TPSA) is 58.6 Å². The molecule has 0 heterocycles. The highest BCUT2D eigenvalue weighted by atomic mass is 79.9. The van der Waals surface area contributed by atoms with Crippen LogP contribution in [-0.4, -0.2) is 17.6 Å². The molecule has 0 fully saturated rings. The summed E-state index contributed by atoms with van der Waals surface area (Å²) in [5.74, 6) is 0.265. The second kappa shape index (κ2) is 7.07. The quantitative estimate of drug-likeness (QED) is 0.883. The molecule has 0 saturated carbocycles. The van der Waals surface area contributed by atoms with Crippen molar-refractivity contribution < 1.29 is 14.6 Å². The highest BCUT2D eigenvalue weighted by molar-refractivity contribution is 9.10. The molecular weight excluding hydrogens is 322 g/mol. The molecule has 4 nitrogen and oxygen atoms in total. The Bertz CT molecular complexity index is 584. The molecule has 0 bridgehead atoms. The van der Waals surface area contributed by atoms with E-state index in [1.54, 1.807) is 36.4 Å². The zero-order valence-electron chi connectivity index (χ0n) is 10.7. The Morgan fingerprint density at radius 1 is 1.15 bits per heavy atom. The Labute approximate surface area is 125 Å². The molecule has 0 spiro atoms. The van der Waals surface area contributed by atoms with E-state index in [2.05, 4.69) is 21.2 Å². The van der Waals surface area contributed by atoms with Crippen LogP contribution in [0.5, 0.6) is 5.75 Å². The van der Waals surface area contributed by atoms with Gasteiger partial charge in [0, 0.05) is 15.7 Å². The predicted molar refractivity (Wildman–Crippen MR) is 80.6 cm³/mol. The standard InChI is InChI=1S/C15H14BrNO3/c16-12-5-7-13(8-6-12)17-15(19)10-20-14-4-2-1-3-11(14)9-18/h1-8,18H,9-10H2,(H,17,19). The Hall–Kier alpha value is -1.85. The lowest BCUT2D eigenvalue weighted by Crippen LogP contribution is -2.20. The monoisotopic (exact) mass is 335 g/mol. The zero-order chi connectivity index (χ0) is 14.4. The van der Waals surface area contributed by atoms with E-state index in [9.17, 15) is 4.79 Å². The van der Waals surface area contributed by atoms with Gasteiger partial charge in [0.05, 0.1) is 6.61 Å². The van der Waals surface area contributed by atoms with E-state index >= 15 is 0 Å². The maximum Gasteiger partial charge on any atom is 0.262 e. The Morgan fingerprint density at radius 3 is 2.55 bits per heavy atom. The van der Waals surface area contributed by atoms with Gasteiger partial charge < -0.3 is 15.2 Å². The number of anilines is 1. The Balaban J connectivity index is 1.90. The fraction of sp³-hybridized carbons (Fsp3) is 0.133. The number of hydrogen-bond acceptors (Lipinski definition) is 3. The Kier molecular flexibility index (Phi) is 5.15. The van der Waals surface area contributed by atoms with Crippen molar-refractivity contribution in [2.45, 2.75) is 6.61 Å². The van der Waals surface area contributed by atoms with Crippen LogP contribution in [0, 0.1) is 0 Å². The highest BCUT2D eigenvalue weighted by Crippen LogP contribution is 2.18. The molecule has 0 saturated heterocycles. The van der Waals surface area contributed by atoms with Gasteiger partial charge in [-0.15, -0.1) is 0 Å². The third-order valence-corrected chi connectivity index (χ3v) is 3.16. The van der Waals surface area contributed by atoms with E-state index in [1.165, 1.54) is 0 Å². The van der Waals surface area contributed by atoms with Crippen molar-refractivity contribution in [3.05, 3.63) is 58.6 Å². The molecular formula is C15H14BrNO3. The van der Waals surface area contributed by atoms with E-state index < -0.39 is 0 Å². The summed E-state index contributed by atoms with van der Waals surface area (Å²) in [6, 6.07) is 14.4. The molecule has 0 aliphatic rings. The summed E-state index contributed by atoms with van der Waals surface area (Å²) in [4.78, 5) is 11.8. The number of rotatable bonds is 5. The molecule has 0 atom stereocenters. The van der Waals surface area contributed by atoms with Crippen LogP contribution in [0.4, 0.5) is 5.69 Å². The van der Waals surface area contributed by atoms with Gasteiger partial charge >= 0.3 is 0 Å². The Morgan fingerprint density at radius 2 is 1.85 bits per heavy atom. The molecule has 1 amide bonds. The fourth-order valence-electron chi connectivity index (χ4n) is 1.65. The number of benzene rings is 2. The number of ether oxygens (including phenoxy) is 1. The maximum atomic E-state index is 11.8. The molecule has 2 rings (SSSR count). The zero-order valence-corrected chi connectivity index (χ0v) is 12.3. The van der Waals surface area contributed by atoms with Crippen LogP contribution in [0.3, 0.4) is 0 Å². The number of para-hydroxylation sites is 1. The van der Waals surface area contributed by atoms with Gasteiger partial charge in [0.2, 0.25) is 0 Å². The number of aliphatic hydroxyl groups is 1. The minimum atomic E-state index is -0.250. The molecule has 0 unspecified atom stereocenters. The smallest absolute Gasteiger partial charge is 0.262 e. The average Bonchev–Trinajstić information content (AvgIpc) is 2.48. The van der Waals surface area contributed by atoms with Crippen LogP contribution in [0.25, 0.3) is 0 Å². The summed E-state index contributed by atoms with van der Waals surface area (Å²) in [7, 11) is 0. The summed E-state index contributed by atoms with van der Waals surface area (Å²) in [5, 5.41) is 11.9. The van der Waals surface area contributed by atoms with Crippen LogP contribution in [0.2, 0.25) is 0 Å². The number of carbonyl (C=O) groups excluding carboxylic acids is 1. The number of halogens is 1. The maximum absolute atomic E-state index is 11.8. The molecule has 20 heavy (non-hydrogen) atoms. The summed E-state index contributed by atoms with van der Waals surface area (Å²) in [5.41, 5.74) is 1.36.